The van der Waals surface area contributed by atoms with Crippen molar-refractivity contribution in [1.82, 2.24) is 0 Å². The molecule has 3 saturated heterocycles. The average Bonchev–Trinajstić information content (AvgIpc) is 3.48. The summed E-state index contributed by atoms with van der Waals surface area (Å²) < 4.78 is 33.9. The van der Waals surface area contributed by atoms with Gasteiger partial charge in [-0.05, 0) is 61.7 Å². The maximum absolute atomic E-state index is 13.8. The van der Waals surface area contributed by atoms with Crippen LogP contribution in [0.1, 0.15) is 53.4 Å². The molecule has 6 rings (SSSR count). The molecular weight excluding hydrogens is 796 g/mol. The molecule has 0 amide bonds. The zero-order valence-electron chi connectivity index (χ0n) is 32.2. The SMILES string of the molecule is CC1OC(OC2C(C)OC(c3c(O)cc(OC4OC(CO)C(O)C4O)c(C(=O)CCc4ccc(O)cc4)c3O)C(O)C2O)C(O)C(OC(=O)C=Cc2ccc(O)cc2)C1O. The second-order valence-corrected chi connectivity index (χ2v) is 14.8. The average molecular weight is 845 g/mol. The van der Waals surface area contributed by atoms with E-state index >= 15 is 0 Å². The molecule has 0 spiro atoms. The lowest BCUT2D eigenvalue weighted by molar-refractivity contribution is -0.335. The Hall–Kier alpha value is -4.90. The summed E-state index contributed by atoms with van der Waals surface area (Å²) in [6.07, 6.45) is -20.0. The second-order valence-electron chi connectivity index (χ2n) is 14.8. The van der Waals surface area contributed by atoms with Crippen LogP contribution in [0, 0.1) is 0 Å². The summed E-state index contributed by atoms with van der Waals surface area (Å²) in [5, 5.41) is 117. The number of benzene rings is 3. The summed E-state index contributed by atoms with van der Waals surface area (Å²) in [4.78, 5) is 26.5. The van der Waals surface area contributed by atoms with Crippen molar-refractivity contribution in [1.29, 1.82) is 0 Å². The Bertz CT molecular complexity index is 1990. The molecule has 0 aromatic heterocycles. The first-order chi connectivity index (χ1) is 28.5. The fourth-order valence-electron chi connectivity index (χ4n) is 7.22. The fourth-order valence-corrected chi connectivity index (χ4v) is 7.22. The van der Waals surface area contributed by atoms with Crippen LogP contribution < -0.4 is 4.74 Å². The Balaban J connectivity index is 1.21. The first-order valence-electron chi connectivity index (χ1n) is 19.0. The van der Waals surface area contributed by atoms with E-state index in [0.29, 0.717) is 11.1 Å². The van der Waals surface area contributed by atoms with Gasteiger partial charge in [0.15, 0.2) is 18.2 Å². The minimum absolute atomic E-state index is 0.00685. The van der Waals surface area contributed by atoms with Gasteiger partial charge < -0.3 is 84.6 Å². The van der Waals surface area contributed by atoms with Crippen molar-refractivity contribution in [2.45, 2.75) is 113 Å². The number of aliphatic hydroxyl groups is 7. The molecule has 3 aliphatic heterocycles. The molecular formula is C41H48O19. The minimum atomic E-state index is -2.00. The van der Waals surface area contributed by atoms with E-state index < -0.39 is 133 Å². The van der Waals surface area contributed by atoms with Crippen LogP contribution in [0.2, 0.25) is 0 Å². The molecule has 11 N–H and O–H groups in total. The number of hydrogen-bond donors (Lipinski definition) is 11. The minimum Gasteiger partial charge on any atom is -0.508 e. The van der Waals surface area contributed by atoms with Crippen molar-refractivity contribution < 1.29 is 94.2 Å². The third kappa shape index (κ3) is 9.51. The van der Waals surface area contributed by atoms with Crippen LogP contribution in [0.25, 0.3) is 6.08 Å². The zero-order chi connectivity index (χ0) is 43.6. The van der Waals surface area contributed by atoms with Crippen LogP contribution in [0.3, 0.4) is 0 Å². The summed E-state index contributed by atoms with van der Waals surface area (Å²) in [6, 6.07) is 12.7. The standard InChI is InChI=1S/C41H48O19/c1-17-30(48)39(59-27(47)14-8-20-5-11-22(44)12-6-20)36(54)41(56-17)60-37-18(2)55-38(34(52)33(37)51)29-24(46)15-25(57-40-35(53)31(49)26(16-42)58-40)28(32(29)50)23(45)13-7-19-3-9-21(43)10-4-19/h3-6,8-12,14-15,17-18,26,30-31,33-44,46,48-54H,7,13,16H2,1-2H3. The lowest BCUT2D eigenvalue weighted by Crippen LogP contribution is -2.62. The molecule has 3 aromatic rings. The van der Waals surface area contributed by atoms with Gasteiger partial charge in [-0.25, -0.2) is 4.79 Å². The molecule has 14 unspecified atom stereocenters. The van der Waals surface area contributed by atoms with Crippen LogP contribution in [-0.2, 0) is 34.9 Å². The summed E-state index contributed by atoms with van der Waals surface area (Å²) in [5.41, 5.74) is 0.0642. The van der Waals surface area contributed by atoms with Gasteiger partial charge in [-0.2, -0.15) is 0 Å². The monoisotopic (exact) mass is 844 g/mol. The Labute approximate surface area is 342 Å². The van der Waals surface area contributed by atoms with Crippen molar-refractivity contribution in [2.75, 3.05) is 6.61 Å². The maximum atomic E-state index is 13.8. The van der Waals surface area contributed by atoms with Gasteiger partial charge in [0.1, 0.15) is 89.2 Å². The second kappa shape index (κ2) is 18.8. The number of esters is 1. The summed E-state index contributed by atoms with van der Waals surface area (Å²) >= 11 is 0. The van der Waals surface area contributed by atoms with Crippen molar-refractivity contribution in [3.8, 4) is 28.7 Å². The van der Waals surface area contributed by atoms with Crippen LogP contribution in [0.5, 0.6) is 28.7 Å². The van der Waals surface area contributed by atoms with Gasteiger partial charge in [0.2, 0.25) is 6.29 Å². The molecule has 0 radical (unpaired) electrons. The predicted octanol–water partition coefficient (Wildman–Crippen LogP) is -0.199. The van der Waals surface area contributed by atoms with E-state index in [1.54, 1.807) is 12.1 Å². The highest BCUT2D eigenvalue weighted by atomic mass is 16.7. The van der Waals surface area contributed by atoms with Crippen molar-refractivity contribution in [3.05, 3.63) is 82.9 Å². The number of carbonyl (C=O) groups excluding carboxylic acids is 2. The largest absolute Gasteiger partial charge is 0.508 e. The maximum Gasteiger partial charge on any atom is 0.331 e. The van der Waals surface area contributed by atoms with Crippen molar-refractivity contribution in [2.24, 2.45) is 0 Å². The molecule has 19 nitrogen and oxygen atoms in total. The number of rotatable bonds is 13. The van der Waals surface area contributed by atoms with E-state index in [0.717, 1.165) is 12.1 Å². The first kappa shape index (κ1) is 44.6. The highest BCUT2D eigenvalue weighted by Gasteiger charge is 2.52. The molecule has 0 bridgehead atoms. The molecule has 0 saturated carbocycles. The number of ketones is 1. The number of hydrogen-bond acceptors (Lipinski definition) is 19. The summed E-state index contributed by atoms with van der Waals surface area (Å²) in [6.45, 7) is 2.11. The number of carbonyl (C=O) groups is 2. The van der Waals surface area contributed by atoms with Gasteiger partial charge in [0, 0.05) is 18.6 Å². The van der Waals surface area contributed by atoms with Gasteiger partial charge in [-0.3, -0.25) is 4.79 Å². The summed E-state index contributed by atoms with van der Waals surface area (Å²) in [5.74, 6) is -3.95. The van der Waals surface area contributed by atoms with Gasteiger partial charge in [0.25, 0.3) is 0 Å². The molecule has 3 aromatic carbocycles. The molecule has 0 aliphatic carbocycles. The highest BCUT2D eigenvalue weighted by molar-refractivity contribution is 6.02. The number of ether oxygens (including phenoxy) is 6. The van der Waals surface area contributed by atoms with E-state index in [2.05, 4.69) is 0 Å². The Kier molecular flexibility index (Phi) is 14.0. The lowest BCUT2D eigenvalue weighted by atomic mass is 9.88. The third-order valence-corrected chi connectivity index (χ3v) is 10.6. The normalized spacial score (nSPS) is 33.1. The van der Waals surface area contributed by atoms with Crippen LogP contribution in [-0.4, -0.2) is 154 Å². The third-order valence-electron chi connectivity index (χ3n) is 10.6. The smallest absolute Gasteiger partial charge is 0.331 e. The molecule has 3 aliphatic rings. The molecule has 60 heavy (non-hydrogen) atoms. The number of Topliss-reactive ketones (excluding diaryl/α,β-unsaturated/α-hetero) is 1. The van der Waals surface area contributed by atoms with E-state index in [4.69, 9.17) is 28.4 Å². The number of aliphatic hydroxyl groups excluding tert-OH is 7. The number of phenolic OH excluding ortho intramolecular Hbond substituents is 4. The first-order valence-corrected chi connectivity index (χ1v) is 19.0. The Morgan fingerprint density at radius 2 is 1.37 bits per heavy atom. The van der Waals surface area contributed by atoms with E-state index in [-0.39, 0.29) is 24.3 Å². The van der Waals surface area contributed by atoms with Gasteiger partial charge >= 0.3 is 5.97 Å². The molecule has 3 fully saturated rings. The fraction of sp³-hybridized carbons (Fsp3) is 0.463. The van der Waals surface area contributed by atoms with Crippen molar-refractivity contribution in [3.63, 3.8) is 0 Å². The summed E-state index contributed by atoms with van der Waals surface area (Å²) in [7, 11) is 0. The van der Waals surface area contributed by atoms with Crippen LogP contribution in [0.15, 0.2) is 60.7 Å². The Morgan fingerprint density at radius 3 is 2.00 bits per heavy atom. The van der Waals surface area contributed by atoms with E-state index in [1.807, 2.05) is 0 Å². The molecule has 19 heteroatoms. The van der Waals surface area contributed by atoms with E-state index in [1.165, 1.54) is 56.3 Å². The van der Waals surface area contributed by atoms with E-state index in [9.17, 15) is 65.8 Å². The van der Waals surface area contributed by atoms with Gasteiger partial charge in [-0.1, -0.05) is 24.3 Å². The van der Waals surface area contributed by atoms with Crippen molar-refractivity contribution >= 4 is 17.8 Å². The predicted molar refractivity (Wildman–Crippen MR) is 202 cm³/mol. The topological polar surface area (TPSA) is 312 Å². The molecule has 14 atom stereocenters. The van der Waals surface area contributed by atoms with Crippen LogP contribution in [0.4, 0.5) is 0 Å². The Morgan fingerprint density at radius 1 is 0.717 bits per heavy atom. The highest BCUT2D eigenvalue weighted by Crippen LogP contribution is 2.48. The lowest BCUT2D eigenvalue weighted by Gasteiger charge is -2.46. The van der Waals surface area contributed by atoms with Crippen LogP contribution >= 0.6 is 0 Å². The van der Waals surface area contributed by atoms with Gasteiger partial charge in [-0.15, -0.1) is 0 Å². The molecule has 3 heterocycles. The number of aromatic hydroxyl groups is 4. The number of aryl methyl sites for hydroxylation is 1. The van der Waals surface area contributed by atoms with Gasteiger partial charge in [0.05, 0.1) is 24.4 Å². The quantitative estimate of drug-likeness (QED) is 0.0603. The number of phenols is 4. The molecule has 326 valence electrons. The zero-order valence-corrected chi connectivity index (χ0v) is 32.2.